The van der Waals surface area contributed by atoms with Gasteiger partial charge in [0.25, 0.3) is 5.91 Å². The van der Waals surface area contributed by atoms with E-state index in [1.54, 1.807) is 30.7 Å². The minimum absolute atomic E-state index is 0.285. The molecule has 0 saturated heterocycles. The summed E-state index contributed by atoms with van der Waals surface area (Å²) in [5.74, 6) is 0.0981. The molecule has 3 aromatic rings. The first kappa shape index (κ1) is 16.9. The van der Waals surface area contributed by atoms with Gasteiger partial charge < -0.3 is 10.6 Å². The summed E-state index contributed by atoms with van der Waals surface area (Å²) in [6.07, 6.45) is 5.01. The Balaban J connectivity index is 1.60. The average molecular weight is 354 g/mol. The third-order valence-electron chi connectivity index (χ3n) is 3.46. The molecule has 0 spiro atoms. The molecule has 2 heterocycles. The lowest BCUT2D eigenvalue weighted by Gasteiger charge is -2.08. The molecule has 0 aliphatic heterocycles. The highest BCUT2D eigenvalue weighted by Crippen LogP contribution is 2.14. The second kappa shape index (κ2) is 8.21. The lowest BCUT2D eigenvalue weighted by Crippen LogP contribution is -2.24. The Morgan fingerprint density at radius 3 is 2.72 bits per heavy atom. The molecule has 25 heavy (non-hydrogen) atoms. The zero-order valence-electron chi connectivity index (χ0n) is 13.3. The number of nitrogens with zero attached hydrogens (tertiary/aromatic N) is 3. The third kappa shape index (κ3) is 4.74. The van der Waals surface area contributed by atoms with Gasteiger partial charge in [0.05, 0.1) is 0 Å². The third-order valence-corrected chi connectivity index (χ3v) is 3.83. The van der Waals surface area contributed by atoms with E-state index >= 15 is 0 Å². The first-order chi connectivity index (χ1) is 12.2. The second-order valence-electron chi connectivity index (χ2n) is 5.25. The van der Waals surface area contributed by atoms with Gasteiger partial charge in [-0.3, -0.25) is 9.78 Å². The molecule has 0 aliphatic rings. The minimum atomic E-state index is -0.285. The fraction of sp³-hybridized carbons (Fsp3) is 0.111. The number of nitrogens with one attached hydrogen (secondary N) is 2. The number of halogens is 1. The number of amides is 1. The number of carbonyl (C=O) groups excluding carboxylic acids is 1. The quantitative estimate of drug-likeness (QED) is 0.712. The van der Waals surface area contributed by atoms with E-state index in [2.05, 4.69) is 25.6 Å². The van der Waals surface area contributed by atoms with Gasteiger partial charge in [-0.1, -0.05) is 35.9 Å². The Hall–Kier alpha value is -2.99. The largest absolute Gasteiger partial charge is 0.350 e. The van der Waals surface area contributed by atoms with Crippen LogP contribution in [0.3, 0.4) is 0 Å². The Bertz CT molecular complexity index is 857. The van der Waals surface area contributed by atoms with Crippen molar-refractivity contribution in [1.82, 2.24) is 20.3 Å². The second-order valence-corrected chi connectivity index (χ2v) is 5.66. The van der Waals surface area contributed by atoms with Crippen LogP contribution in [0.2, 0.25) is 5.02 Å². The standard InChI is InChI=1S/C18H16ClN5O/c19-15-6-2-1-5-14(15)12-22-17(25)16-7-9-21-18(24-16)23-11-13-4-3-8-20-10-13/h1-10H,11-12H2,(H,22,25)(H,21,23,24). The van der Waals surface area contributed by atoms with Crippen molar-refractivity contribution in [3.05, 3.63) is 82.9 Å². The Morgan fingerprint density at radius 2 is 1.92 bits per heavy atom. The predicted octanol–water partition coefficient (Wildman–Crippen LogP) is 3.07. The van der Waals surface area contributed by atoms with Crippen LogP contribution in [0.25, 0.3) is 0 Å². The highest BCUT2D eigenvalue weighted by Gasteiger charge is 2.09. The van der Waals surface area contributed by atoms with E-state index in [1.165, 1.54) is 0 Å². The molecule has 7 heteroatoms. The van der Waals surface area contributed by atoms with Crippen molar-refractivity contribution in [2.24, 2.45) is 0 Å². The van der Waals surface area contributed by atoms with Gasteiger partial charge in [-0.2, -0.15) is 0 Å². The van der Waals surface area contributed by atoms with Crippen LogP contribution in [-0.2, 0) is 13.1 Å². The van der Waals surface area contributed by atoms with Gasteiger partial charge in [0.1, 0.15) is 5.69 Å². The SMILES string of the molecule is O=C(NCc1ccccc1Cl)c1ccnc(NCc2cccnc2)n1. The summed E-state index contributed by atoms with van der Waals surface area (Å²) in [5.41, 5.74) is 2.14. The van der Waals surface area contributed by atoms with Gasteiger partial charge >= 0.3 is 0 Å². The fourth-order valence-electron chi connectivity index (χ4n) is 2.16. The highest BCUT2D eigenvalue weighted by molar-refractivity contribution is 6.31. The topological polar surface area (TPSA) is 79.8 Å². The maximum Gasteiger partial charge on any atom is 0.270 e. The molecular weight excluding hydrogens is 338 g/mol. The van der Waals surface area contributed by atoms with Crippen LogP contribution in [0, 0.1) is 0 Å². The molecule has 0 unspecified atom stereocenters. The van der Waals surface area contributed by atoms with Crippen LogP contribution in [0.4, 0.5) is 5.95 Å². The number of aromatic nitrogens is 3. The zero-order valence-corrected chi connectivity index (χ0v) is 14.1. The summed E-state index contributed by atoms with van der Waals surface area (Å²) in [6.45, 7) is 0.861. The molecule has 0 radical (unpaired) electrons. The summed E-state index contributed by atoms with van der Waals surface area (Å²) in [6, 6.07) is 12.7. The van der Waals surface area contributed by atoms with Crippen molar-refractivity contribution in [2.75, 3.05) is 5.32 Å². The Labute approximate surface area is 150 Å². The first-order valence-electron chi connectivity index (χ1n) is 7.70. The van der Waals surface area contributed by atoms with Crippen molar-refractivity contribution in [1.29, 1.82) is 0 Å². The van der Waals surface area contributed by atoms with Crippen molar-refractivity contribution < 1.29 is 4.79 Å². The minimum Gasteiger partial charge on any atom is -0.350 e. The van der Waals surface area contributed by atoms with E-state index in [9.17, 15) is 4.79 Å². The summed E-state index contributed by atoms with van der Waals surface area (Å²) in [4.78, 5) is 24.7. The van der Waals surface area contributed by atoms with Crippen molar-refractivity contribution in [3.8, 4) is 0 Å². The average Bonchev–Trinajstić information content (AvgIpc) is 2.66. The number of carbonyl (C=O) groups is 1. The van der Waals surface area contributed by atoms with E-state index in [-0.39, 0.29) is 11.6 Å². The van der Waals surface area contributed by atoms with Gasteiger partial charge in [-0.25, -0.2) is 9.97 Å². The molecule has 0 aliphatic carbocycles. The van der Waals surface area contributed by atoms with Gasteiger partial charge in [0.15, 0.2) is 0 Å². The van der Waals surface area contributed by atoms with Gasteiger partial charge in [-0.15, -0.1) is 0 Å². The van der Waals surface area contributed by atoms with Gasteiger partial charge in [0.2, 0.25) is 5.95 Å². The smallest absolute Gasteiger partial charge is 0.270 e. The number of hydrogen-bond donors (Lipinski definition) is 2. The van der Waals surface area contributed by atoms with Crippen molar-refractivity contribution >= 4 is 23.5 Å². The van der Waals surface area contributed by atoms with E-state index in [1.807, 2.05) is 30.3 Å². The van der Waals surface area contributed by atoms with Gasteiger partial charge in [0, 0.05) is 36.7 Å². The number of pyridine rings is 1. The van der Waals surface area contributed by atoms with E-state index in [4.69, 9.17) is 11.6 Å². The molecule has 0 bridgehead atoms. The van der Waals surface area contributed by atoms with Crippen LogP contribution < -0.4 is 10.6 Å². The summed E-state index contributed by atoms with van der Waals surface area (Å²) in [7, 11) is 0. The molecule has 6 nitrogen and oxygen atoms in total. The molecule has 3 rings (SSSR count). The Kier molecular flexibility index (Phi) is 5.53. The molecule has 2 aromatic heterocycles. The van der Waals surface area contributed by atoms with Crippen molar-refractivity contribution in [2.45, 2.75) is 13.1 Å². The van der Waals surface area contributed by atoms with E-state index in [0.29, 0.717) is 24.1 Å². The van der Waals surface area contributed by atoms with Crippen LogP contribution in [0.1, 0.15) is 21.6 Å². The van der Waals surface area contributed by atoms with Crippen LogP contribution in [0.15, 0.2) is 61.1 Å². The molecule has 1 aromatic carbocycles. The van der Waals surface area contributed by atoms with Crippen LogP contribution in [-0.4, -0.2) is 20.9 Å². The van der Waals surface area contributed by atoms with E-state index < -0.39 is 0 Å². The Morgan fingerprint density at radius 1 is 1.04 bits per heavy atom. The zero-order chi connectivity index (χ0) is 17.5. The molecule has 1 amide bonds. The summed E-state index contributed by atoms with van der Waals surface area (Å²) >= 11 is 6.09. The molecule has 0 saturated carbocycles. The molecule has 126 valence electrons. The molecule has 0 fully saturated rings. The molecule has 0 atom stereocenters. The van der Waals surface area contributed by atoms with Crippen LogP contribution >= 0.6 is 11.6 Å². The monoisotopic (exact) mass is 353 g/mol. The lowest BCUT2D eigenvalue weighted by atomic mass is 10.2. The molecule has 2 N–H and O–H groups in total. The molecular formula is C18H16ClN5O. The summed E-state index contributed by atoms with van der Waals surface area (Å²) < 4.78 is 0. The van der Waals surface area contributed by atoms with E-state index in [0.717, 1.165) is 11.1 Å². The lowest BCUT2D eigenvalue weighted by molar-refractivity contribution is 0.0946. The summed E-state index contributed by atoms with van der Waals surface area (Å²) in [5, 5.41) is 6.50. The highest BCUT2D eigenvalue weighted by atomic mass is 35.5. The number of rotatable bonds is 6. The number of benzene rings is 1. The number of anilines is 1. The predicted molar refractivity (Wildman–Crippen MR) is 96.2 cm³/mol. The fourth-order valence-corrected chi connectivity index (χ4v) is 2.36. The van der Waals surface area contributed by atoms with Crippen molar-refractivity contribution in [3.63, 3.8) is 0 Å². The normalized spacial score (nSPS) is 10.3. The van der Waals surface area contributed by atoms with Crippen LogP contribution in [0.5, 0.6) is 0 Å². The maximum absolute atomic E-state index is 12.3. The first-order valence-corrected chi connectivity index (χ1v) is 8.07. The maximum atomic E-state index is 12.3. The number of hydrogen-bond acceptors (Lipinski definition) is 5. The van der Waals surface area contributed by atoms with Gasteiger partial charge in [-0.05, 0) is 29.3 Å².